The average molecular weight is 188 g/mol. The van der Waals surface area contributed by atoms with Gasteiger partial charge in [0.2, 0.25) is 0 Å². The molecule has 0 saturated heterocycles. The molecule has 2 N–H and O–H groups in total. The maximum absolute atomic E-state index is 12.7. The van der Waals surface area contributed by atoms with Gasteiger partial charge in [-0.25, -0.2) is 4.39 Å². The molecule has 0 amide bonds. The molecule has 1 rings (SSSR count). The van der Waals surface area contributed by atoms with Crippen molar-refractivity contribution in [3.63, 3.8) is 0 Å². The fourth-order valence-electron chi connectivity index (χ4n) is 0.797. The first-order valence-electron chi connectivity index (χ1n) is 3.19. The van der Waals surface area contributed by atoms with Gasteiger partial charge in [-0.1, -0.05) is 17.1 Å². The second kappa shape index (κ2) is 3.64. The third-order valence-electron chi connectivity index (χ3n) is 1.35. The SMILES string of the molecule is Nc1ccc(CS(=O)[O-])cc1F. The molecule has 1 aromatic carbocycles. The molecule has 0 aliphatic rings. The zero-order valence-electron chi connectivity index (χ0n) is 6.12. The lowest BCUT2D eigenvalue weighted by Crippen LogP contribution is -1.96. The lowest BCUT2D eigenvalue weighted by atomic mass is 10.2. The van der Waals surface area contributed by atoms with E-state index in [9.17, 15) is 13.2 Å². The molecule has 0 radical (unpaired) electrons. The average Bonchev–Trinajstić information content (AvgIpc) is 1.96. The van der Waals surface area contributed by atoms with E-state index in [-0.39, 0.29) is 11.4 Å². The molecule has 1 unspecified atom stereocenters. The van der Waals surface area contributed by atoms with E-state index in [0.29, 0.717) is 5.56 Å². The molecule has 0 spiro atoms. The first-order chi connectivity index (χ1) is 5.59. The molecule has 0 bridgehead atoms. The van der Waals surface area contributed by atoms with Crippen LogP contribution in [-0.2, 0) is 16.8 Å². The molecule has 1 atom stereocenters. The summed E-state index contributed by atoms with van der Waals surface area (Å²) in [7, 11) is 0. The number of benzene rings is 1. The fourth-order valence-corrected chi connectivity index (χ4v) is 1.25. The Kier molecular flexibility index (Phi) is 2.78. The Bertz CT molecular complexity index is 316. The maximum Gasteiger partial charge on any atom is 0.146 e. The third kappa shape index (κ3) is 2.28. The molecule has 0 aromatic heterocycles. The molecule has 0 aliphatic heterocycles. The zero-order chi connectivity index (χ0) is 9.14. The fraction of sp³-hybridized carbons (Fsp3) is 0.143. The van der Waals surface area contributed by atoms with Crippen LogP contribution in [0.25, 0.3) is 0 Å². The van der Waals surface area contributed by atoms with Crippen LogP contribution in [0.15, 0.2) is 18.2 Å². The lowest BCUT2D eigenvalue weighted by molar-refractivity contribution is 0.536. The molecule has 12 heavy (non-hydrogen) atoms. The van der Waals surface area contributed by atoms with Gasteiger partial charge in [0.05, 0.1) is 5.69 Å². The van der Waals surface area contributed by atoms with Crippen molar-refractivity contribution in [3.05, 3.63) is 29.6 Å². The minimum Gasteiger partial charge on any atom is -0.772 e. The van der Waals surface area contributed by atoms with Crippen LogP contribution in [0.3, 0.4) is 0 Å². The highest BCUT2D eigenvalue weighted by molar-refractivity contribution is 7.78. The minimum atomic E-state index is -2.19. The second-order valence-corrected chi connectivity index (χ2v) is 3.20. The summed E-state index contributed by atoms with van der Waals surface area (Å²) in [5.41, 5.74) is 5.61. The highest BCUT2D eigenvalue weighted by atomic mass is 32.2. The first kappa shape index (κ1) is 9.15. The van der Waals surface area contributed by atoms with Gasteiger partial charge in [-0.15, -0.1) is 0 Å². The summed E-state index contributed by atoms with van der Waals surface area (Å²) in [6, 6.07) is 3.94. The summed E-state index contributed by atoms with van der Waals surface area (Å²) in [6.45, 7) is 0. The highest BCUT2D eigenvalue weighted by Crippen LogP contribution is 2.12. The minimum absolute atomic E-state index is 0.0235. The van der Waals surface area contributed by atoms with Crippen LogP contribution in [0.2, 0.25) is 0 Å². The summed E-state index contributed by atoms with van der Waals surface area (Å²) in [6.07, 6.45) is 0. The Morgan fingerprint density at radius 2 is 2.25 bits per heavy atom. The summed E-state index contributed by atoms with van der Waals surface area (Å²) >= 11 is -2.19. The molecule has 0 saturated carbocycles. The molecule has 66 valence electrons. The van der Waals surface area contributed by atoms with Crippen LogP contribution in [-0.4, -0.2) is 8.76 Å². The smallest absolute Gasteiger partial charge is 0.146 e. The van der Waals surface area contributed by atoms with Gasteiger partial charge < -0.3 is 10.3 Å². The van der Waals surface area contributed by atoms with Crippen molar-refractivity contribution in [2.75, 3.05) is 5.73 Å². The van der Waals surface area contributed by atoms with Gasteiger partial charge in [-0.2, -0.15) is 0 Å². The van der Waals surface area contributed by atoms with Crippen LogP contribution in [0.4, 0.5) is 10.1 Å². The standard InChI is InChI=1S/C7H8FNO2S/c8-6-3-5(4-12(10)11)1-2-7(6)9/h1-3H,4,9H2,(H,10,11)/p-1. The van der Waals surface area contributed by atoms with E-state index in [2.05, 4.69) is 0 Å². The third-order valence-corrected chi connectivity index (χ3v) is 1.92. The van der Waals surface area contributed by atoms with E-state index in [4.69, 9.17) is 5.73 Å². The predicted octanol–water partition coefficient (Wildman–Crippen LogP) is 0.787. The Balaban J connectivity index is 2.89. The monoisotopic (exact) mass is 188 g/mol. The van der Waals surface area contributed by atoms with Gasteiger partial charge in [0.25, 0.3) is 0 Å². The van der Waals surface area contributed by atoms with Gasteiger partial charge in [-0.3, -0.25) is 4.21 Å². The summed E-state index contributed by atoms with van der Waals surface area (Å²) in [5, 5.41) is 0. The number of nitrogens with two attached hydrogens (primary N) is 1. The van der Waals surface area contributed by atoms with Crippen LogP contribution in [0.1, 0.15) is 5.56 Å². The van der Waals surface area contributed by atoms with Crippen molar-refractivity contribution in [2.24, 2.45) is 0 Å². The van der Waals surface area contributed by atoms with Crippen LogP contribution < -0.4 is 5.73 Å². The first-order valence-corrected chi connectivity index (χ1v) is 4.44. The van der Waals surface area contributed by atoms with E-state index in [0.717, 1.165) is 6.07 Å². The van der Waals surface area contributed by atoms with Gasteiger partial charge in [0.1, 0.15) is 5.82 Å². The molecule has 0 fully saturated rings. The number of hydrogen-bond acceptors (Lipinski definition) is 3. The molecule has 5 heteroatoms. The molecule has 0 aliphatic carbocycles. The highest BCUT2D eigenvalue weighted by Gasteiger charge is 1.99. The Morgan fingerprint density at radius 3 is 2.75 bits per heavy atom. The van der Waals surface area contributed by atoms with Crippen LogP contribution in [0, 0.1) is 5.82 Å². The quantitative estimate of drug-likeness (QED) is 0.551. The van der Waals surface area contributed by atoms with E-state index in [1.165, 1.54) is 12.1 Å². The maximum atomic E-state index is 12.7. The number of nitrogen functional groups attached to an aromatic ring is 1. The molecule has 1 aromatic rings. The van der Waals surface area contributed by atoms with E-state index in [1.807, 2.05) is 0 Å². The number of rotatable bonds is 2. The van der Waals surface area contributed by atoms with Crippen molar-refractivity contribution in [2.45, 2.75) is 5.75 Å². The normalized spacial score (nSPS) is 12.8. The van der Waals surface area contributed by atoms with Crippen molar-refractivity contribution in [3.8, 4) is 0 Å². The predicted molar refractivity (Wildman–Crippen MR) is 43.4 cm³/mol. The van der Waals surface area contributed by atoms with Crippen LogP contribution in [0.5, 0.6) is 0 Å². The lowest BCUT2D eigenvalue weighted by Gasteiger charge is -2.05. The Hall–Kier alpha value is -0.940. The topological polar surface area (TPSA) is 66.2 Å². The van der Waals surface area contributed by atoms with E-state index in [1.54, 1.807) is 0 Å². The molecule has 0 heterocycles. The zero-order valence-corrected chi connectivity index (χ0v) is 6.94. The van der Waals surface area contributed by atoms with Crippen molar-refractivity contribution in [1.29, 1.82) is 0 Å². The molecular formula is C7H7FNO2S-. The largest absolute Gasteiger partial charge is 0.772 e. The van der Waals surface area contributed by atoms with E-state index < -0.39 is 16.9 Å². The summed E-state index contributed by atoms with van der Waals surface area (Å²) in [4.78, 5) is 0. The van der Waals surface area contributed by atoms with Crippen molar-refractivity contribution < 1.29 is 13.2 Å². The number of halogens is 1. The van der Waals surface area contributed by atoms with Gasteiger partial charge in [0, 0.05) is 5.75 Å². The van der Waals surface area contributed by atoms with E-state index >= 15 is 0 Å². The van der Waals surface area contributed by atoms with Crippen molar-refractivity contribution >= 4 is 16.8 Å². The number of hydrogen-bond donors (Lipinski definition) is 1. The summed E-state index contributed by atoms with van der Waals surface area (Å²) < 4.78 is 33.1. The molecule has 3 nitrogen and oxygen atoms in total. The van der Waals surface area contributed by atoms with Crippen molar-refractivity contribution in [1.82, 2.24) is 0 Å². The van der Waals surface area contributed by atoms with Crippen LogP contribution >= 0.6 is 0 Å². The Morgan fingerprint density at radius 1 is 1.58 bits per heavy atom. The summed E-state index contributed by atoms with van der Waals surface area (Å²) in [5.74, 6) is -0.769. The Labute approximate surface area is 71.7 Å². The number of anilines is 1. The second-order valence-electron chi connectivity index (χ2n) is 2.30. The van der Waals surface area contributed by atoms with Gasteiger partial charge in [0.15, 0.2) is 0 Å². The van der Waals surface area contributed by atoms with Gasteiger partial charge in [-0.05, 0) is 17.7 Å². The van der Waals surface area contributed by atoms with Gasteiger partial charge >= 0.3 is 0 Å². The molecular weight excluding hydrogens is 181 g/mol.